The lowest BCUT2D eigenvalue weighted by molar-refractivity contribution is -0.130. The zero-order valence-electron chi connectivity index (χ0n) is 10.1. The molecule has 4 nitrogen and oxygen atoms in total. The molecule has 0 radical (unpaired) electrons. The van der Waals surface area contributed by atoms with Crippen LogP contribution in [0.3, 0.4) is 0 Å². The Morgan fingerprint density at radius 2 is 2.07 bits per heavy atom. The second kappa shape index (κ2) is 5.72. The molecule has 1 amide bonds. The van der Waals surface area contributed by atoms with Crippen LogP contribution in [0, 0.1) is 16.7 Å². The van der Waals surface area contributed by atoms with Crippen molar-refractivity contribution in [3.8, 4) is 6.07 Å². The van der Waals surface area contributed by atoms with Gasteiger partial charge in [-0.15, -0.1) is 0 Å². The van der Waals surface area contributed by atoms with Gasteiger partial charge in [0.2, 0.25) is 5.91 Å². The number of nitrogens with zero attached hydrogens (tertiary/aromatic N) is 2. The van der Waals surface area contributed by atoms with Gasteiger partial charge in [-0.25, -0.2) is 0 Å². The minimum absolute atomic E-state index is 0.00711. The largest absolute Gasteiger partial charge is 0.345 e. The summed E-state index contributed by atoms with van der Waals surface area (Å²) >= 11 is 0. The third kappa shape index (κ3) is 5.38. The van der Waals surface area contributed by atoms with Crippen molar-refractivity contribution < 1.29 is 4.79 Å². The number of nitriles is 1. The molecule has 2 N–H and O–H groups in total. The van der Waals surface area contributed by atoms with Crippen LogP contribution in [0.25, 0.3) is 0 Å². The van der Waals surface area contributed by atoms with Crippen molar-refractivity contribution in [1.82, 2.24) is 4.90 Å². The van der Waals surface area contributed by atoms with Gasteiger partial charge in [0, 0.05) is 26.1 Å². The van der Waals surface area contributed by atoms with E-state index in [-0.39, 0.29) is 17.4 Å². The molecule has 4 heteroatoms. The highest BCUT2D eigenvalue weighted by Gasteiger charge is 2.24. The van der Waals surface area contributed by atoms with Crippen LogP contribution in [0.4, 0.5) is 0 Å². The molecule has 0 aliphatic carbocycles. The molecule has 0 bridgehead atoms. The first-order valence-corrected chi connectivity index (χ1v) is 5.15. The van der Waals surface area contributed by atoms with Crippen LogP contribution in [0.1, 0.15) is 33.6 Å². The number of nitrogens with two attached hydrogens (primary N) is 1. The summed E-state index contributed by atoms with van der Waals surface area (Å²) in [4.78, 5) is 13.2. The summed E-state index contributed by atoms with van der Waals surface area (Å²) in [7, 11) is 1.70. The Bertz CT molecular complexity index is 250. The summed E-state index contributed by atoms with van der Waals surface area (Å²) in [6, 6.07) is 1.87. The third-order valence-electron chi connectivity index (χ3n) is 2.49. The van der Waals surface area contributed by atoms with E-state index in [9.17, 15) is 4.79 Å². The molecule has 0 aliphatic heterocycles. The van der Waals surface area contributed by atoms with Crippen LogP contribution in [0.2, 0.25) is 0 Å². The molecule has 1 atom stereocenters. The zero-order valence-corrected chi connectivity index (χ0v) is 10.1. The number of amides is 1. The molecule has 0 aromatic heterocycles. The van der Waals surface area contributed by atoms with E-state index in [0.717, 1.165) is 0 Å². The van der Waals surface area contributed by atoms with E-state index in [1.54, 1.807) is 11.9 Å². The lowest BCUT2D eigenvalue weighted by Gasteiger charge is -2.28. The van der Waals surface area contributed by atoms with E-state index in [1.807, 2.05) is 26.8 Å². The Kier molecular flexibility index (Phi) is 5.31. The van der Waals surface area contributed by atoms with Crippen molar-refractivity contribution in [3.05, 3.63) is 0 Å². The minimum Gasteiger partial charge on any atom is -0.345 e. The van der Waals surface area contributed by atoms with Crippen LogP contribution < -0.4 is 5.73 Å². The normalized spacial score (nSPS) is 13.1. The predicted octanol–water partition coefficient (Wildman–Crippen LogP) is 1.12. The van der Waals surface area contributed by atoms with Gasteiger partial charge in [-0.05, 0) is 5.41 Å². The standard InChI is InChI=1S/C11H21N3O/c1-11(2,3)9(13)8-10(15)14(4)7-5-6-12/h9H,5,7-8,13H2,1-4H3. The van der Waals surface area contributed by atoms with Gasteiger partial charge in [-0.3, -0.25) is 4.79 Å². The predicted molar refractivity (Wildman–Crippen MR) is 59.9 cm³/mol. The maximum atomic E-state index is 11.6. The Balaban J connectivity index is 4.09. The van der Waals surface area contributed by atoms with E-state index in [0.29, 0.717) is 19.4 Å². The lowest BCUT2D eigenvalue weighted by atomic mass is 9.85. The second-order valence-electron chi connectivity index (χ2n) is 4.90. The summed E-state index contributed by atoms with van der Waals surface area (Å²) in [6.45, 7) is 6.52. The molecular formula is C11H21N3O. The third-order valence-corrected chi connectivity index (χ3v) is 2.49. The zero-order chi connectivity index (χ0) is 12.1. The summed E-state index contributed by atoms with van der Waals surface area (Å²) in [5, 5.41) is 8.40. The van der Waals surface area contributed by atoms with E-state index >= 15 is 0 Å². The van der Waals surface area contributed by atoms with Crippen molar-refractivity contribution >= 4 is 5.91 Å². The molecule has 0 aromatic carbocycles. The summed E-state index contributed by atoms with van der Waals surface area (Å²) < 4.78 is 0. The SMILES string of the molecule is CN(CCC#N)C(=O)CC(N)C(C)(C)C. The first kappa shape index (κ1) is 13.9. The van der Waals surface area contributed by atoms with E-state index in [4.69, 9.17) is 11.0 Å². The van der Waals surface area contributed by atoms with Gasteiger partial charge in [0.15, 0.2) is 0 Å². The maximum Gasteiger partial charge on any atom is 0.223 e. The van der Waals surface area contributed by atoms with Crippen LogP contribution in [-0.4, -0.2) is 30.4 Å². The molecule has 86 valence electrons. The molecule has 0 heterocycles. The van der Waals surface area contributed by atoms with Crippen molar-refractivity contribution in [1.29, 1.82) is 5.26 Å². The highest BCUT2D eigenvalue weighted by molar-refractivity contribution is 5.76. The fraction of sp³-hybridized carbons (Fsp3) is 0.818. The molecule has 0 saturated carbocycles. The van der Waals surface area contributed by atoms with Crippen LogP contribution >= 0.6 is 0 Å². The average Bonchev–Trinajstić information content (AvgIpc) is 2.12. The number of carbonyl (C=O) groups is 1. The van der Waals surface area contributed by atoms with Gasteiger partial charge in [-0.1, -0.05) is 20.8 Å². The number of hydrogen-bond acceptors (Lipinski definition) is 3. The topological polar surface area (TPSA) is 70.1 Å². The van der Waals surface area contributed by atoms with Gasteiger partial charge in [0.1, 0.15) is 0 Å². The number of hydrogen-bond donors (Lipinski definition) is 1. The van der Waals surface area contributed by atoms with Crippen molar-refractivity contribution in [2.24, 2.45) is 11.1 Å². The summed E-state index contributed by atoms with van der Waals surface area (Å²) in [5.74, 6) is 0.00711. The molecule has 0 spiro atoms. The Labute approximate surface area is 92.0 Å². The minimum atomic E-state index is -0.144. The molecule has 0 saturated heterocycles. The van der Waals surface area contributed by atoms with Crippen LogP contribution in [0.5, 0.6) is 0 Å². The van der Waals surface area contributed by atoms with Crippen LogP contribution in [0.15, 0.2) is 0 Å². The van der Waals surface area contributed by atoms with E-state index in [1.165, 1.54) is 0 Å². The Morgan fingerprint density at radius 3 is 2.47 bits per heavy atom. The molecular weight excluding hydrogens is 190 g/mol. The monoisotopic (exact) mass is 211 g/mol. The number of rotatable bonds is 4. The van der Waals surface area contributed by atoms with E-state index in [2.05, 4.69) is 0 Å². The first-order valence-electron chi connectivity index (χ1n) is 5.15. The Morgan fingerprint density at radius 1 is 1.53 bits per heavy atom. The molecule has 15 heavy (non-hydrogen) atoms. The van der Waals surface area contributed by atoms with Crippen molar-refractivity contribution in [2.45, 2.75) is 39.7 Å². The summed E-state index contributed by atoms with van der Waals surface area (Å²) in [5.41, 5.74) is 5.84. The average molecular weight is 211 g/mol. The van der Waals surface area contributed by atoms with Crippen LogP contribution in [-0.2, 0) is 4.79 Å². The quantitative estimate of drug-likeness (QED) is 0.757. The van der Waals surface area contributed by atoms with Gasteiger partial charge in [0.05, 0.1) is 12.5 Å². The van der Waals surface area contributed by atoms with Gasteiger partial charge in [0.25, 0.3) is 0 Å². The summed E-state index contributed by atoms with van der Waals surface area (Å²) in [6.07, 6.45) is 0.707. The smallest absolute Gasteiger partial charge is 0.223 e. The van der Waals surface area contributed by atoms with Crippen molar-refractivity contribution in [3.63, 3.8) is 0 Å². The molecule has 0 rings (SSSR count). The number of carbonyl (C=O) groups excluding carboxylic acids is 1. The highest BCUT2D eigenvalue weighted by Crippen LogP contribution is 2.20. The second-order valence-corrected chi connectivity index (χ2v) is 4.90. The first-order chi connectivity index (χ1) is 6.79. The van der Waals surface area contributed by atoms with E-state index < -0.39 is 0 Å². The molecule has 0 aromatic rings. The lowest BCUT2D eigenvalue weighted by Crippen LogP contribution is -2.40. The Hall–Kier alpha value is -1.08. The fourth-order valence-electron chi connectivity index (χ4n) is 0.993. The maximum absolute atomic E-state index is 11.6. The fourth-order valence-corrected chi connectivity index (χ4v) is 0.993. The molecule has 0 fully saturated rings. The van der Waals surface area contributed by atoms with Gasteiger partial charge < -0.3 is 10.6 Å². The molecule has 1 unspecified atom stereocenters. The highest BCUT2D eigenvalue weighted by atomic mass is 16.2. The van der Waals surface area contributed by atoms with Gasteiger partial charge >= 0.3 is 0 Å². The van der Waals surface area contributed by atoms with Crippen molar-refractivity contribution in [2.75, 3.05) is 13.6 Å². The van der Waals surface area contributed by atoms with Gasteiger partial charge in [-0.2, -0.15) is 5.26 Å². The molecule has 0 aliphatic rings.